The molecular formula is C46H81N13O12. The second-order valence-corrected chi connectivity index (χ2v) is 18.3. The van der Waals surface area contributed by atoms with Crippen LogP contribution < -0.4 is 54.0 Å². The molecule has 9 atom stereocenters. The maximum absolute atomic E-state index is 14.2. The van der Waals surface area contributed by atoms with Gasteiger partial charge < -0.3 is 68.9 Å². The van der Waals surface area contributed by atoms with E-state index in [1.807, 2.05) is 0 Å². The molecule has 0 aliphatic carbocycles. The number of guanidine groups is 1. The molecule has 1 saturated heterocycles. The average Bonchev–Trinajstić information content (AvgIpc) is 3.80. The zero-order chi connectivity index (χ0) is 54.1. The zero-order valence-electron chi connectivity index (χ0n) is 43.1. The van der Waals surface area contributed by atoms with Crippen LogP contribution in [0, 0.1) is 17.8 Å². The topological polar surface area (TPSA) is 375 Å². The van der Waals surface area contributed by atoms with Crippen molar-refractivity contribution in [3.63, 3.8) is 0 Å². The minimum Gasteiger partial charge on any atom is -0.481 e. The van der Waals surface area contributed by atoms with Crippen molar-refractivity contribution < 1.29 is 57.8 Å². The molecule has 0 bridgehead atoms. The lowest BCUT2D eigenvalue weighted by molar-refractivity contribution is -0.142. The van der Waals surface area contributed by atoms with Gasteiger partial charge in [-0.15, -0.1) is 0 Å². The van der Waals surface area contributed by atoms with Gasteiger partial charge >= 0.3 is 5.97 Å². The van der Waals surface area contributed by atoms with E-state index in [1.54, 1.807) is 55.4 Å². The Morgan fingerprint density at radius 2 is 1.23 bits per heavy atom. The van der Waals surface area contributed by atoms with Gasteiger partial charge in [0.15, 0.2) is 5.96 Å². The lowest BCUT2D eigenvalue weighted by atomic mass is 9.96. The quantitative estimate of drug-likeness (QED) is 0.0198. The van der Waals surface area contributed by atoms with Crippen LogP contribution in [0.25, 0.3) is 0 Å². The molecule has 25 nitrogen and oxygen atoms in total. The van der Waals surface area contributed by atoms with Crippen molar-refractivity contribution >= 4 is 71.0 Å². The molecule has 402 valence electrons. The molecule has 0 unspecified atom stereocenters. The fraction of sp³-hybridized carbons (Fsp3) is 0.739. The molecule has 0 radical (unpaired) electrons. The number of nitrogens with two attached hydrogens (primary N) is 2. The molecular weight excluding hydrogens is 927 g/mol. The van der Waals surface area contributed by atoms with Gasteiger partial charge in [-0.3, -0.25) is 57.7 Å². The lowest BCUT2D eigenvalue weighted by Gasteiger charge is -2.31. The smallest absolute Gasteiger partial charge is 0.305 e. The molecule has 0 aromatic carbocycles. The van der Waals surface area contributed by atoms with E-state index in [1.165, 1.54) is 18.9 Å². The Hall–Kier alpha value is -6.56. The number of likely N-dealkylation sites (tertiary alicyclic amines) is 1. The Morgan fingerprint density at radius 3 is 1.73 bits per heavy atom. The molecule has 1 rings (SSSR count). The molecule has 1 heterocycles. The summed E-state index contributed by atoms with van der Waals surface area (Å²) in [6, 6.07) is -8.74. The summed E-state index contributed by atoms with van der Waals surface area (Å²) in [7, 11) is 1.41. The molecule has 0 spiro atoms. The van der Waals surface area contributed by atoms with Crippen molar-refractivity contribution in [1.82, 2.24) is 52.3 Å². The highest BCUT2D eigenvalue weighted by atomic mass is 16.4. The Balaban J connectivity index is 3.35. The van der Waals surface area contributed by atoms with E-state index in [0.29, 0.717) is 38.6 Å². The highest BCUT2D eigenvalue weighted by Gasteiger charge is 2.40. The van der Waals surface area contributed by atoms with Gasteiger partial charge in [0.25, 0.3) is 0 Å². The zero-order valence-corrected chi connectivity index (χ0v) is 43.1. The van der Waals surface area contributed by atoms with Crippen LogP contribution in [0.2, 0.25) is 0 Å². The molecule has 0 saturated carbocycles. The second-order valence-electron chi connectivity index (χ2n) is 18.3. The first kappa shape index (κ1) is 62.5. The van der Waals surface area contributed by atoms with Gasteiger partial charge in [-0.2, -0.15) is 0 Å². The normalized spacial score (nSPS) is 16.5. The summed E-state index contributed by atoms with van der Waals surface area (Å²) in [6.45, 7) is 14.9. The summed E-state index contributed by atoms with van der Waals surface area (Å²) in [5.74, 6) is -10.0. The van der Waals surface area contributed by atoms with Crippen LogP contribution in [-0.4, -0.2) is 168 Å². The van der Waals surface area contributed by atoms with Crippen molar-refractivity contribution in [2.24, 2.45) is 34.2 Å². The fourth-order valence-electron chi connectivity index (χ4n) is 7.51. The molecule has 71 heavy (non-hydrogen) atoms. The third-order valence-electron chi connectivity index (χ3n) is 12.2. The van der Waals surface area contributed by atoms with Crippen molar-refractivity contribution in [2.75, 3.05) is 39.8 Å². The number of carbonyl (C=O) groups excluding carboxylic acids is 10. The van der Waals surface area contributed by atoms with Gasteiger partial charge in [0, 0.05) is 33.6 Å². The maximum atomic E-state index is 14.2. The fourth-order valence-corrected chi connectivity index (χ4v) is 7.51. The SMILES string of the molecule is CCC[C@H](NC(=O)[C@H](CC(=O)O)NC(=O)[C@H](NC(=O)[C@@H](NC(=O)CNC(=O)CN(C)C(C)=O)C(C)C)[C@@H](C)CC)C(=O)N[C@H](C(=O)N[C@@H](CCCN=C(N)N)C(=O)N1CCC[C@H]1C(=O)NCC)[C@@H](C)CC. The van der Waals surface area contributed by atoms with E-state index in [2.05, 4.69) is 47.5 Å². The summed E-state index contributed by atoms with van der Waals surface area (Å²) < 4.78 is 0. The average molecular weight is 1010 g/mol. The van der Waals surface area contributed by atoms with Crippen LogP contribution in [0.3, 0.4) is 0 Å². The number of carbonyl (C=O) groups is 11. The van der Waals surface area contributed by atoms with Gasteiger partial charge in [-0.1, -0.05) is 67.7 Å². The Labute approximate surface area is 416 Å². The van der Waals surface area contributed by atoms with Gasteiger partial charge in [0.05, 0.1) is 19.5 Å². The standard InChI is InChI=1S/C46H81N13O12/c1-11-17-29(39(65)56-37(26(7)12-2)43(69)53-30(18-15-20-50-46(47)48)45(71)59-21-16-19-32(59)41(67)49-14-4)52-40(66)31(22-35(63)64)54-44(70)38(27(8)13-3)57-42(68)36(25(5)6)55-33(61)23-51-34(62)24-58(10)28(9)60/h25-27,29-32,36-38H,11-24H2,1-10H3,(H,49,67)(H,51,62)(H,52,66)(H,53,69)(H,54,70)(H,55,61)(H,56,65)(H,57,68)(H,63,64)(H4,47,48,50)/t26-,27-,29-,30-,31-,32-,36-,37-,38+/m0/s1. The van der Waals surface area contributed by atoms with Crippen LogP contribution in [0.1, 0.15) is 120 Å². The second kappa shape index (κ2) is 31.6. The number of nitrogens with one attached hydrogen (secondary N) is 8. The van der Waals surface area contributed by atoms with Crippen molar-refractivity contribution in [3.8, 4) is 0 Å². The maximum Gasteiger partial charge on any atom is 0.305 e. The number of rotatable bonds is 31. The number of nitrogens with zero attached hydrogens (tertiary/aromatic N) is 3. The number of amides is 10. The molecule has 1 aliphatic rings. The van der Waals surface area contributed by atoms with Gasteiger partial charge in [0.1, 0.15) is 42.3 Å². The number of likely N-dealkylation sites (N-methyl/N-ethyl adjacent to an activating group) is 2. The van der Waals surface area contributed by atoms with Crippen molar-refractivity contribution in [2.45, 2.75) is 162 Å². The molecule has 13 N–H and O–H groups in total. The minimum absolute atomic E-state index is 0.0231. The van der Waals surface area contributed by atoms with Crippen LogP contribution in [0.4, 0.5) is 0 Å². The molecule has 10 amide bonds. The van der Waals surface area contributed by atoms with Crippen LogP contribution >= 0.6 is 0 Å². The summed E-state index contributed by atoms with van der Waals surface area (Å²) >= 11 is 0. The molecule has 25 heteroatoms. The Kier molecular flexibility index (Phi) is 27.8. The number of aliphatic carboxylic acids is 1. The lowest BCUT2D eigenvalue weighted by Crippen LogP contribution is -2.61. The first-order chi connectivity index (χ1) is 33.3. The summed E-state index contributed by atoms with van der Waals surface area (Å²) in [5.41, 5.74) is 11.0. The number of carboxylic acids is 1. The van der Waals surface area contributed by atoms with E-state index in [9.17, 15) is 57.8 Å². The van der Waals surface area contributed by atoms with E-state index in [4.69, 9.17) is 11.5 Å². The van der Waals surface area contributed by atoms with Crippen LogP contribution in [0.5, 0.6) is 0 Å². The Morgan fingerprint density at radius 1 is 0.690 bits per heavy atom. The van der Waals surface area contributed by atoms with Crippen molar-refractivity contribution in [1.29, 1.82) is 0 Å². The predicted molar refractivity (Wildman–Crippen MR) is 262 cm³/mol. The number of hydrogen-bond donors (Lipinski definition) is 11. The third kappa shape index (κ3) is 21.5. The number of carboxylic acid groups (broad SMARTS) is 1. The number of hydrogen-bond acceptors (Lipinski definition) is 12. The van der Waals surface area contributed by atoms with E-state index in [-0.39, 0.29) is 56.7 Å². The minimum atomic E-state index is -1.75. The first-order valence-electron chi connectivity index (χ1n) is 24.5. The van der Waals surface area contributed by atoms with E-state index < -0.39 is 126 Å². The van der Waals surface area contributed by atoms with E-state index >= 15 is 0 Å². The summed E-state index contributed by atoms with van der Waals surface area (Å²) in [4.78, 5) is 152. The van der Waals surface area contributed by atoms with Crippen LogP contribution in [0.15, 0.2) is 4.99 Å². The largest absolute Gasteiger partial charge is 0.481 e. The molecule has 0 aromatic heterocycles. The molecule has 1 fully saturated rings. The highest BCUT2D eigenvalue weighted by Crippen LogP contribution is 2.21. The third-order valence-corrected chi connectivity index (χ3v) is 12.2. The molecule has 0 aromatic rings. The van der Waals surface area contributed by atoms with Crippen molar-refractivity contribution in [3.05, 3.63) is 0 Å². The van der Waals surface area contributed by atoms with Gasteiger partial charge in [-0.25, -0.2) is 0 Å². The van der Waals surface area contributed by atoms with Gasteiger partial charge in [0.2, 0.25) is 59.1 Å². The first-order valence-corrected chi connectivity index (χ1v) is 24.5. The predicted octanol–water partition coefficient (Wildman–Crippen LogP) is -2.31. The molecule has 1 aliphatic heterocycles. The monoisotopic (exact) mass is 1010 g/mol. The number of aliphatic imine (C=N–C) groups is 1. The summed E-state index contributed by atoms with van der Waals surface area (Å²) in [5, 5.41) is 30.5. The van der Waals surface area contributed by atoms with Crippen LogP contribution in [-0.2, 0) is 52.7 Å². The summed E-state index contributed by atoms with van der Waals surface area (Å²) in [6.07, 6.45) is 1.53. The highest BCUT2D eigenvalue weighted by molar-refractivity contribution is 5.99. The Bertz CT molecular complexity index is 1900. The van der Waals surface area contributed by atoms with E-state index in [0.717, 1.165) is 4.90 Å². The van der Waals surface area contributed by atoms with Gasteiger partial charge in [-0.05, 0) is 56.8 Å².